The number of imidazole rings is 1. The summed E-state index contributed by atoms with van der Waals surface area (Å²) in [5.74, 6) is 0.183. The SMILES string of the molecule is Cc1ccc2[nH]c(=O)n(-c3ccc(O)cc3)c2c1. The minimum absolute atomic E-state index is 0.179. The van der Waals surface area contributed by atoms with Gasteiger partial charge in [-0.1, -0.05) is 6.07 Å². The minimum Gasteiger partial charge on any atom is -0.508 e. The molecule has 0 amide bonds. The molecule has 0 radical (unpaired) electrons. The van der Waals surface area contributed by atoms with Gasteiger partial charge >= 0.3 is 5.69 Å². The average Bonchev–Trinajstić information content (AvgIpc) is 2.66. The molecule has 0 saturated carbocycles. The Hall–Kier alpha value is -2.49. The molecule has 2 N–H and O–H groups in total. The zero-order valence-corrected chi connectivity index (χ0v) is 9.84. The number of fused-ring (bicyclic) bond motifs is 1. The van der Waals surface area contributed by atoms with Gasteiger partial charge < -0.3 is 10.1 Å². The molecular weight excluding hydrogens is 228 g/mol. The Kier molecular flexibility index (Phi) is 2.23. The summed E-state index contributed by atoms with van der Waals surface area (Å²) < 4.78 is 1.60. The number of H-pyrrole nitrogens is 1. The standard InChI is InChI=1S/C14H12N2O2/c1-9-2-7-12-13(8-9)16(14(18)15-12)10-3-5-11(17)6-4-10/h2-8,17H,1H3,(H,15,18). The van der Waals surface area contributed by atoms with E-state index in [4.69, 9.17) is 0 Å². The predicted octanol–water partition coefficient (Wildman–Crippen LogP) is 2.33. The number of aryl methyl sites for hydroxylation is 1. The number of nitrogens with zero attached hydrogens (tertiary/aromatic N) is 1. The molecule has 1 heterocycles. The number of aromatic hydroxyl groups is 1. The highest BCUT2D eigenvalue weighted by atomic mass is 16.3. The number of nitrogens with one attached hydrogen (secondary N) is 1. The van der Waals surface area contributed by atoms with Crippen molar-refractivity contribution in [3.63, 3.8) is 0 Å². The van der Waals surface area contributed by atoms with Crippen molar-refractivity contribution in [3.05, 3.63) is 58.5 Å². The fraction of sp³-hybridized carbons (Fsp3) is 0.0714. The molecule has 0 unspecified atom stereocenters. The third kappa shape index (κ3) is 1.59. The normalized spacial score (nSPS) is 10.9. The first kappa shape index (κ1) is 10.7. The molecule has 4 nitrogen and oxygen atoms in total. The van der Waals surface area contributed by atoms with Crippen LogP contribution in [0.5, 0.6) is 5.75 Å². The molecule has 0 atom stereocenters. The summed E-state index contributed by atoms with van der Waals surface area (Å²) in [6.07, 6.45) is 0. The van der Waals surface area contributed by atoms with Gasteiger partial charge in [-0.15, -0.1) is 0 Å². The molecule has 1 aromatic heterocycles. The number of phenolic OH excluding ortho intramolecular Hbond substituents is 1. The summed E-state index contributed by atoms with van der Waals surface area (Å²) >= 11 is 0. The lowest BCUT2D eigenvalue weighted by atomic mass is 10.2. The van der Waals surface area contributed by atoms with Crippen LogP contribution in [0.4, 0.5) is 0 Å². The Morgan fingerprint density at radius 3 is 2.56 bits per heavy atom. The molecule has 0 spiro atoms. The first-order chi connectivity index (χ1) is 8.65. The second-order valence-corrected chi connectivity index (χ2v) is 4.30. The van der Waals surface area contributed by atoms with E-state index in [1.807, 2.05) is 25.1 Å². The van der Waals surface area contributed by atoms with Crippen molar-refractivity contribution in [1.29, 1.82) is 0 Å². The number of aromatic nitrogens is 2. The average molecular weight is 240 g/mol. The van der Waals surface area contributed by atoms with Crippen LogP contribution in [0.1, 0.15) is 5.56 Å². The van der Waals surface area contributed by atoms with Crippen molar-refractivity contribution in [2.24, 2.45) is 0 Å². The third-order valence-corrected chi connectivity index (χ3v) is 2.95. The van der Waals surface area contributed by atoms with Gasteiger partial charge in [0.15, 0.2) is 0 Å². The van der Waals surface area contributed by atoms with Crippen LogP contribution in [-0.2, 0) is 0 Å². The molecule has 0 aliphatic rings. The predicted molar refractivity (Wildman–Crippen MR) is 70.3 cm³/mol. The van der Waals surface area contributed by atoms with Crippen molar-refractivity contribution in [2.75, 3.05) is 0 Å². The number of phenols is 1. The van der Waals surface area contributed by atoms with Gasteiger partial charge in [0.25, 0.3) is 0 Å². The van der Waals surface area contributed by atoms with Gasteiger partial charge in [-0.2, -0.15) is 0 Å². The summed E-state index contributed by atoms with van der Waals surface area (Å²) in [5.41, 5.74) is 3.29. The molecular formula is C14H12N2O2. The van der Waals surface area contributed by atoms with Gasteiger partial charge in [-0.05, 0) is 48.9 Å². The Balaban J connectivity index is 2.34. The fourth-order valence-corrected chi connectivity index (χ4v) is 2.07. The van der Waals surface area contributed by atoms with Crippen LogP contribution in [0.15, 0.2) is 47.3 Å². The topological polar surface area (TPSA) is 58.0 Å². The lowest BCUT2D eigenvalue weighted by Gasteiger charge is -2.03. The maximum atomic E-state index is 12.0. The number of hydrogen-bond acceptors (Lipinski definition) is 2. The highest BCUT2D eigenvalue weighted by Gasteiger charge is 2.08. The maximum absolute atomic E-state index is 12.0. The van der Waals surface area contributed by atoms with E-state index in [0.29, 0.717) is 0 Å². The summed E-state index contributed by atoms with van der Waals surface area (Å²) in [5, 5.41) is 9.29. The Morgan fingerprint density at radius 1 is 1.11 bits per heavy atom. The second kappa shape index (κ2) is 3.77. The number of rotatable bonds is 1. The minimum atomic E-state index is -0.179. The largest absolute Gasteiger partial charge is 0.508 e. The zero-order chi connectivity index (χ0) is 12.7. The molecule has 4 heteroatoms. The van der Waals surface area contributed by atoms with E-state index in [-0.39, 0.29) is 11.4 Å². The molecule has 3 rings (SSSR count). The number of hydrogen-bond donors (Lipinski definition) is 2. The van der Waals surface area contributed by atoms with Crippen molar-refractivity contribution in [3.8, 4) is 11.4 Å². The Morgan fingerprint density at radius 2 is 1.83 bits per heavy atom. The summed E-state index contributed by atoms with van der Waals surface area (Å²) in [7, 11) is 0. The molecule has 0 bridgehead atoms. The molecule has 18 heavy (non-hydrogen) atoms. The molecule has 0 aliphatic carbocycles. The van der Waals surface area contributed by atoms with Crippen molar-refractivity contribution in [1.82, 2.24) is 9.55 Å². The fourth-order valence-electron chi connectivity index (χ4n) is 2.07. The van der Waals surface area contributed by atoms with Crippen LogP contribution in [0, 0.1) is 6.92 Å². The first-order valence-corrected chi connectivity index (χ1v) is 5.66. The van der Waals surface area contributed by atoms with Crippen molar-refractivity contribution < 1.29 is 5.11 Å². The van der Waals surface area contributed by atoms with E-state index in [0.717, 1.165) is 22.3 Å². The molecule has 3 aromatic rings. The van der Waals surface area contributed by atoms with Crippen LogP contribution in [0.3, 0.4) is 0 Å². The Labute approximate surface area is 103 Å². The van der Waals surface area contributed by atoms with E-state index in [9.17, 15) is 9.90 Å². The summed E-state index contributed by atoms with van der Waals surface area (Å²) in [4.78, 5) is 14.8. The van der Waals surface area contributed by atoms with Crippen LogP contribution in [0.2, 0.25) is 0 Å². The Bertz CT molecular complexity index is 767. The third-order valence-electron chi connectivity index (χ3n) is 2.95. The van der Waals surface area contributed by atoms with Crippen LogP contribution in [-0.4, -0.2) is 14.7 Å². The smallest absolute Gasteiger partial charge is 0.331 e. The number of aromatic amines is 1. The highest BCUT2D eigenvalue weighted by Crippen LogP contribution is 2.18. The number of benzene rings is 2. The van der Waals surface area contributed by atoms with E-state index < -0.39 is 0 Å². The van der Waals surface area contributed by atoms with Crippen molar-refractivity contribution >= 4 is 11.0 Å². The van der Waals surface area contributed by atoms with Gasteiger partial charge in [0.1, 0.15) is 5.75 Å². The first-order valence-electron chi connectivity index (χ1n) is 5.66. The summed E-state index contributed by atoms with van der Waals surface area (Å²) in [6, 6.07) is 12.4. The van der Waals surface area contributed by atoms with Crippen LogP contribution in [0.25, 0.3) is 16.7 Å². The molecule has 2 aromatic carbocycles. The van der Waals surface area contributed by atoms with E-state index in [1.165, 1.54) is 0 Å². The maximum Gasteiger partial charge on any atom is 0.331 e. The lowest BCUT2D eigenvalue weighted by molar-refractivity contribution is 0.475. The van der Waals surface area contributed by atoms with E-state index >= 15 is 0 Å². The highest BCUT2D eigenvalue weighted by molar-refractivity contribution is 5.78. The zero-order valence-electron chi connectivity index (χ0n) is 9.84. The lowest BCUT2D eigenvalue weighted by Crippen LogP contribution is -2.14. The molecule has 0 aliphatic heterocycles. The second-order valence-electron chi connectivity index (χ2n) is 4.30. The molecule has 0 fully saturated rings. The van der Waals surface area contributed by atoms with Gasteiger partial charge in [-0.3, -0.25) is 4.57 Å². The quantitative estimate of drug-likeness (QED) is 0.685. The molecule has 0 saturated heterocycles. The van der Waals surface area contributed by atoms with Crippen molar-refractivity contribution in [2.45, 2.75) is 6.92 Å². The van der Waals surface area contributed by atoms with Gasteiger partial charge in [0, 0.05) is 0 Å². The van der Waals surface area contributed by atoms with Crippen LogP contribution < -0.4 is 5.69 Å². The van der Waals surface area contributed by atoms with E-state index in [2.05, 4.69) is 4.98 Å². The van der Waals surface area contributed by atoms with E-state index in [1.54, 1.807) is 28.8 Å². The van der Waals surface area contributed by atoms with Crippen LogP contribution >= 0.6 is 0 Å². The van der Waals surface area contributed by atoms with Gasteiger partial charge in [-0.25, -0.2) is 4.79 Å². The molecule has 90 valence electrons. The van der Waals surface area contributed by atoms with Gasteiger partial charge in [0.05, 0.1) is 16.7 Å². The monoisotopic (exact) mass is 240 g/mol. The van der Waals surface area contributed by atoms with Gasteiger partial charge in [0.2, 0.25) is 0 Å². The summed E-state index contributed by atoms with van der Waals surface area (Å²) in [6.45, 7) is 1.98.